The molecule has 1 unspecified atom stereocenters. The van der Waals surface area contributed by atoms with E-state index in [1.807, 2.05) is 6.20 Å². The molecule has 0 saturated carbocycles. The molecular formula is C18H29N3. The summed E-state index contributed by atoms with van der Waals surface area (Å²) < 4.78 is 0. The van der Waals surface area contributed by atoms with Gasteiger partial charge in [-0.25, -0.2) is 4.98 Å². The van der Waals surface area contributed by atoms with Gasteiger partial charge in [-0.2, -0.15) is 0 Å². The van der Waals surface area contributed by atoms with E-state index in [0.29, 0.717) is 12.0 Å². The maximum absolute atomic E-state index is 4.73. The molecule has 3 nitrogen and oxygen atoms in total. The fourth-order valence-electron chi connectivity index (χ4n) is 3.84. The number of piperidine rings is 1. The number of pyridine rings is 1. The highest BCUT2D eigenvalue weighted by atomic mass is 15.3. The molecule has 2 fully saturated rings. The molecule has 2 aliphatic rings. The van der Waals surface area contributed by atoms with Crippen LogP contribution in [0.3, 0.4) is 0 Å². The Morgan fingerprint density at radius 1 is 1.14 bits per heavy atom. The van der Waals surface area contributed by atoms with Gasteiger partial charge in [0.05, 0.1) is 0 Å². The minimum atomic E-state index is 0.546. The minimum Gasteiger partial charge on any atom is -0.352 e. The second kappa shape index (κ2) is 6.78. The molecule has 21 heavy (non-hydrogen) atoms. The average Bonchev–Trinajstić information content (AvgIpc) is 2.96. The van der Waals surface area contributed by atoms with Crippen molar-refractivity contribution in [2.45, 2.75) is 57.9 Å². The first-order valence-electron chi connectivity index (χ1n) is 8.69. The Bertz CT molecular complexity index is 452. The van der Waals surface area contributed by atoms with E-state index in [2.05, 4.69) is 35.8 Å². The summed E-state index contributed by atoms with van der Waals surface area (Å²) in [6.07, 6.45) is 8.78. The highest BCUT2D eigenvalue weighted by molar-refractivity contribution is 5.50. The molecule has 0 amide bonds. The predicted octanol–water partition coefficient (Wildman–Crippen LogP) is 3.66. The molecule has 0 N–H and O–H groups in total. The van der Waals surface area contributed by atoms with Crippen LogP contribution in [0.4, 0.5) is 5.82 Å². The van der Waals surface area contributed by atoms with Crippen LogP contribution in [-0.4, -0.2) is 42.1 Å². The normalized spacial score (nSPS) is 24.0. The topological polar surface area (TPSA) is 19.4 Å². The summed E-state index contributed by atoms with van der Waals surface area (Å²) in [7, 11) is 0. The lowest BCUT2D eigenvalue weighted by Gasteiger charge is -2.34. The van der Waals surface area contributed by atoms with Gasteiger partial charge in [0, 0.05) is 25.3 Å². The van der Waals surface area contributed by atoms with Crippen molar-refractivity contribution in [3.05, 3.63) is 23.9 Å². The zero-order valence-electron chi connectivity index (χ0n) is 13.6. The van der Waals surface area contributed by atoms with E-state index in [9.17, 15) is 0 Å². The molecule has 2 aliphatic heterocycles. The Morgan fingerprint density at radius 3 is 2.71 bits per heavy atom. The van der Waals surface area contributed by atoms with Crippen LogP contribution in [0.15, 0.2) is 18.3 Å². The zero-order chi connectivity index (χ0) is 14.7. The molecule has 1 aromatic rings. The van der Waals surface area contributed by atoms with Gasteiger partial charge >= 0.3 is 0 Å². The van der Waals surface area contributed by atoms with Crippen molar-refractivity contribution < 1.29 is 0 Å². The Hall–Kier alpha value is -1.09. The molecule has 3 heterocycles. The summed E-state index contributed by atoms with van der Waals surface area (Å²) >= 11 is 0. The first-order chi connectivity index (χ1) is 10.3. The Balaban J connectivity index is 1.74. The van der Waals surface area contributed by atoms with Crippen LogP contribution in [0.5, 0.6) is 0 Å². The number of likely N-dealkylation sites (tertiary alicyclic amines) is 1. The van der Waals surface area contributed by atoms with E-state index in [1.165, 1.54) is 69.7 Å². The Labute approximate surface area is 129 Å². The largest absolute Gasteiger partial charge is 0.352 e. The van der Waals surface area contributed by atoms with Crippen molar-refractivity contribution in [2.75, 3.05) is 31.1 Å². The van der Waals surface area contributed by atoms with E-state index in [-0.39, 0.29) is 0 Å². The van der Waals surface area contributed by atoms with Gasteiger partial charge < -0.3 is 9.80 Å². The average molecular weight is 287 g/mol. The van der Waals surface area contributed by atoms with Gasteiger partial charge in [-0.15, -0.1) is 0 Å². The second-order valence-corrected chi connectivity index (χ2v) is 6.92. The van der Waals surface area contributed by atoms with Crippen molar-refractivity contribution in [1.29, 1.82) is 0 Å². The summed E-state index contributed by atoms with van der Waals surface area (Å²) in [5.41, 5.74) is 1.41. The third-order valence-electron chi connectivity index (χ3n) is 5.01. The van der Waals surface area contributed by atoms with Gasteiger partial charge in [0.1, 0.15) is 5.82 Å². The van der Waals surface area contributed by atoms with Crippen LogP contribution in [0.2, 0.25) is 0 Å². The van der Waals surface area contributed by atoms with Gasteiger partial charge in [0.15, 0.2) is 0 Å². The smallest absolute Gasteiger partial charge is 0.132 e. The van der Waals surface area contributed by atoms with E-state index in [4.69, 9.17) is 4.98 Å². The van der Waals surface area contributed by atoms with Crippen molar-refractivity contribution in [1.82, 2.24) is 9.88 Å². The molecule has 0 spiro atoms. The lowest BCUT2D eigenvalue weighted by molar-refractivity contribution is 0.216. The van der Waals surface area contributed by atoms with Crippen LogP contribution in [0, 0.1) is 0 Å². The molecule has 3 rings (SSSR count). The third-order valence-corrected chi connectivity index (χ3v) is 5.01. The quantitative estimate of drug-likeness (QED) is 0.842. The lowest BCUT2D eigenvalue weighted by atomic mass is 10.0. The summed E-state index contributed by atoms with van der Waals surface area (Å²) in [4.78, 5) is 9.99. The summed E-state index contributed by atoms with van der Waals surface area (Å²) in [6.45, 7) is 9.54. The maximum atomic E-state index is 4.73. The fourth-order valence-corrected chi connectivity index (χ4v) is 3.84. The molecule has 1 aromatic heterocycles. The number of anilines is 1. The lowest BCUT2D eigenvalue weighted by Crippen LogP contribution is -2.43. The van der Waals surface area contributed by atoms with E-state index < -0.39 is 0 Å². The van der Waals surface area contributed by atoms with Crippen LogP contribution >= 0.6 is 0 Å². The molecule has 3 heteroatoms. The summed E-state index contributed by atoms with van der Waals surface area (Å²) in [5.74, 6) is 1.79. The molecule has 0 aliphatic carbocycles. The summed E-state index contributed by atoms with van der Waals surface area (Å²) in [5, 5.41) is 0. The number of aromatic nitrogens is 1. The van der Waals surface area contributed by atoms with E-state index in [1.54, 1.807) is 0 Å². The van der Waals surface area contributed by atoms with Crippen molar-refractivity contribution in [3.8, 4) is 0 Å². The highest BCUT2D eigenvalue weighted by Crippen LogP contribution is 2.31. The van der Waals surface area contributed by atoms with Gasteiger partial charge in [-0.05, 0) is 56.3 Å². The van der Waals surface area contributed by atoms with E-state index in [0.717, 1.165) is 0 Å². The van der Waals surface area contributed by atoms with Gasteiger partial charge in [0.25, 0.3) is 0 Å². The molecule has 0 aromatic carbocycles. The van der Waals surface area contributed by atoms with Gasteiger partial charge in [-0.3, -0.25) is 0 Å². The first-order valence-corrected chi connectivity index (χ1v) is 8.69. The van der Waals surface area contributed by atoms with Gasteiger partial charge in [0.2, 0.25) is 0 Å². The standard InChI is InChI=1S/C18H29N3/c1-15(2)17-9-6-10-19-18(17)21-13-7-8-16(21)14-20-11-4-3-5-12-20/h6,9-10,15-16H,3-5,7-8,11-14H2,1-2H3. The van der Waals surface area contributed by atoms with E-state index >= 15 is 0 Å². The maximum Gasteiger partial charge on any atom is 0.132 e. The molecule has 2 saturated heterocycles. The fraction of sp³-hybridized carbons (Fsp3) is 0.722. The van der Waals surface area contributed by atoms with Crippen LogP contribution in [0.1, 0.15) is 57.4 Å². The summed E-state index contributed by atoms with van der Waals surface area (Å²) in [6, 6.07) is 4.99. The third kappa shape index (κ3) is 3.39. The molecule has 0 bridgehead atoms. The SMILES string of the molecule is CC(C)c1cccnc1N1CCCC1CN1CCCCC1. The predicted molar refractivity (Wildman–Crippen MR) is 89.0 cm³/mol. The van der Waals surface area contributed by atoms with Crippen LogP contribution in [0.25, 0.3) is 0 Å². The van der Waals surface area contributed by atoms with Gasteiger partial charge in [-0.1, -0.05) is 26.3 Å². The van der Waals surface area contributed by atoms with Crippen LogP contribution < -0.4 is 4.90 Å². The van der Waals surface area contributed by atoms with Crippen molar-refractivity contribution >= 4 is 5.82 Å². The zero-order valence-corrected chi connectivity index (χ0v) is 13.6. The highest BCUT2D eigenvalue weighted by Gasteiger charge is 2.29. The second-order valence-electron chi connectivity index (χ2n) is 6.92. The molecule has 116 valence electrons. The molecular weight excluding hydrogens is 258 g/mol. The number of nitrogens with zero attached hydrogens (tertiary/aromatic N) is 3. The first kappa shape index (κ1) is 14.8. The number of hydrogen-bond acceptors (Lipinski definition) is 3. The molecule has 1 atom stereocenters. The number of hydrogen-bond donors (Lipinski definition) is 0. The Kier molecular flexibility index (Phi) is 4.79. The van der Waals surface area contributed by atoms with Crippen LogP contribution in [-0.2, 0) is 0 Å². The molecule has 0 radical (unpaired) electrons. The minimum absolute atomic E-state index is 0.546. The van der Waals surface area contributed by atoms with Crippen molar-refractivity contribution in [3.63, 3.8) is 0 Å². The van der Waals surface area contributed by atoms with Crippen molar-refractivity contribution in [2.24, 2.45) is 0 Å². The Morgan fingerprint density at radius 2 is 1.95 bits per heavy atom. The monoisotopic (exact) mass is 287 g/mol. The number of rotatable bonds is 4.